The van der Waals surface area contributed by atoms with Crippen molar-refractivity contribution in [1.29, 1.82) is 5.26 Å². The number of hydrogen-bond donors (Lipinski definition) is 3. The predicted octanol–water partition coefficient (Wildman–Crippen LogP) is 2.63. The molecule has 11 heteroatoms. The van der Waals surface area contributed by atoms with Gasteiger partial charge >= 0.3 is 12.1 Å². The minimum atomic E-state index is -5.15. The number of nitrogens with one attached hydrogen (secondary N) is 3. The van der Waals surface area contributed by atoms with Crippen LogP contribution in [0.1, 0.15) is 69.2 Å². The fraction of sp³-hybridized carbons (Fsp3) is 0.625. The molecule has 0 spiro atoms. The monoisotopic (exact) mass is 493 g/mol. The Labute approximate surface area is 202 Å². The van der Waals surface area contributed by atoms with Gasteiger partial charge in [-0.15, -0.1) is 0 Å². The molecule has 0 saturated heterocycles. The zero-order valence-electron chi connectivity index (χ0n) is 20.0. The number of rotatable bonds is 8. The summed E-state index contributed by atoms with van der Waals surface area (Å²) in [6.07, 6.45) is 2.71. The fourth-order valence-electron chi connectivity index (χ4n) is 4.26. The van der Waals surface area contributed by atoms with Crippen LogP contribution in [0.5, 0.6) is 0 Å². The molecule has 3 rings (SSSR count). The average molecular weight is 494 g/mol. The largest absolute Gasteiger partial charge is 0.471 e. The second kappa shape index (κ2) is 10.2. The van der Waals surface area contributed by atoms with E-state index < -0.39 is 47.4 Å². The highest BCUT2D eigenvalue weighted by Crippen LogP contribution is 2.34. The molecule has 2 aliphatic carbocycles. The van der Waals surface area contributed by atoms with Crippen LogP contribution in [-0.2, 0) is 27.2 Å². The fourth-order valence-corrected chi connectivity index (χ4v) is 4.26. The summed E-state index contributed by atoms with van der Waals surface area (Å²) in [4.78, 5) is 41.9. The molecule has 3 amide bonds. The van der Waals surface area contributed by atoms with E-state index in [9.17, 15) is 32.8 Å². The number of amides is 3. The van der Waals surface area contributed by atoms with Gasteiger partial charge < -0.3 is 16.0 Å². The highest BCUT2D eigenvalue weighted by Gasteiger charge is 2.44. The number of halogens is 3. The van der Waals surface area contributed by atoms with Gasteiger partial charge in [-0.05, 0) is 48.1 Å². The van der Waals surface area contributed by atoms with Crippen molar-refractivity contribution in [3.63, 3.8) is 0 Å². The van der Waals surface area contributed by atoms with Crippen molar-refractivity contribution in [2.75, 3.05) is 0 Å². The van der Waals surface area contributed by atoms with Crippen molar-refractivity contribution >= 4 is 17.7 Å². The maximum absolute atomic E-state index is 13.2. The summed E-state index contributed by atoms with van der Waals surface area (Å²) in [6, 6.07) is -1.50. The molecule has 0 aromatic carbocycles. The molecule has 1 aromatic heterocycles. The minimum Gasteiger partial charge on any atom is -0.342 e. The molecule has 0 radical (unpaired) electrons. The summed E-state index contributed by atoms with van der Waals surface area (Å²) < 4.78 is 38.5. The maximum Gasteiger partial charge on any atom is 0.471 e. The van der Waals surface area contributed by atoms with Crippen molar-refractivity contribution in [3.05, 3.63) is 29.1 Å². The lowest BCUT2D eigenvalue weighted by Crippen LogP contribution is -2.59. The lowest BCUT2D eigenvalue weighted by molar-refractivity contribution is -0.175. The molecular formula is C24H30F3N5O3. The molecule has 0 bridgehead atoms. The first-order chi connectivity index (χ1) is 16.3. The van der Waals surface area contributed by atoms with Gasteiger partial charge in [-0.1, -0.05) is 33.6 Å². The van der Waals surface area contributed by atoms with Gasteiger partial charge in [0.25, 0.3) is 0 Å². The van der Waals surface area contributed by atoms with Crippen molar-refractivity contribution in [3.8, 4) is 6.07 Å². The minimum absolute atomic E-state index is 0.187. The van der Waals surface area contributed by atoms with Gasteiger partial charge in [-0.2, -0.15) is 18.4 Å². The van der Waals surface area contributed by atoms with Crippen LogP contribution in [0, 0.1) is 22.7 Å². The van der Waals surface area contributed by atoms with Crippen LogP contribution in [0.3, 0.4) is 0 Å². The first kappa shape index (κ1) is 26.4. The number of carbonyl (C=O) groups excluding carboxylic acids is 3. The maximum atomic E-state index is 13.2. The normalized spacial score (nSPS) is 18.0. The number of aryl methyl sites for hydroxylation is 1. The van der Waals surface area contributed by atoms with Crippen LogP contribution in [0.2, 0.25) is 0 Å². The van der Waals surface area contributed by atoms with Gasteiger partial charge in [0.15, 0.2) is 0 Å². The van der Waals surface area contributed by atoms with Crippen molar-refractivity contribution in [2.24, 2.45) is 11.3 Å². The molecule has 1 aromatic rings. The topological polar surface area (TPSA) is 124 Å². The molecule has 0 aliphatic heterocycles. The Kier molecular flexibility index (Phi) is 7.72. The molecule has 35 heavy (non-hydrogen) atoms. The molecular weight excluding hydrogens is 463 g/mol. The van der Waals surface area contributed by atoms with E-state index in [0.29, 0.717) is 5.56 Å². The average Bonchev–Trinajstić information content (AvgIpc) is 3.45. The third kappa shape index (κ3) is 6.71. The first-order valence-corrected chi connectivity index (χ1v) is 11.6. The van der Waals surface area contributed by atoms with Crippen LogP contribution < -0.4 is 16.0 Å². The third-order valence-corrected chi connectivity index (χ3v) is 6.34. The van der Waals surface area contributed by atoms with E-state index in [0.717, 1.165) is 43.2 Å². The summed E-state index contributed by atoms with van der Waals surface area (Å²) in [7, 11) is 0. The highest BCUT2D eigenvalue weighted by molar-refractivity contribution is 5.93. The Bertz CT molecular complexity index is 1020. The summed E-state index contributed by atoms with van der Waals surface area (Å²) in [5.41, 5.74) is 1.57. The van der Waals surface area contributed by atoms with Crippen LogP contribution in [-0.4, -0.2) is 41.0 Å². The smallest absolute Gasteiger partial charge is 0.342 e. The SMILES string of the molecule is CC(C)(C)C(NC(=O)C(F)(F)F)C(=O)NC(CC1CC1)C(=O)NC(C#N)c1cncc2c1CCC2. The van der Waals surface area contributed by atoms with Crippen LogP contribution in [0.4, 0.5) is 13.2 Å². The number of hydrogen-bond acceptors (Lipinski definition) is 5. The van der Waals surface area contributed by atoms with Crippen molar-refractivity contribution < 1.29 is 27.6 Å². The number of fused-ring (bicyclic) bond motifs is 1. The van der Waals surface area contributed by atoms with E-state index in [1.807, 2.05) is 0 Å². The van der Waals surface area contributed by atoms with Crippen LogP contribution in [0.15, 0.2) is 12.4 Å². The van der Waals surface area contributed by atoms with Gasteiger partial charge in [-0.3, -0.25) is 19.4 Å². The predicted molar refractivity (Wildman–Crippen MR) is 119 cm³/mol. The number of alkyl halides is 3. The van der Waals surface area contributed by atoms with E-state index >= 15 is 0 Å². The molecule has 190 valence electrons. The van der Waals surface area contributed by atoms with Gasteiger partial charge in [0.05, 0.1) is 6.07 Å². The number of nitrogens with zero attached hydrogens (tertiary/aromatic N) is 2. The number of pyridine rings is 1. The van der Waals surface area contributed by atoms with E-state index in [1.165, 1.54) is 20.8 Å². The Morgan fingerprint density at radius 3 is 2.34 bits per heavy atom. The zero-order valence-corrected chi connectivity index (χ0v) is 20.0. The lowest BCUT2D eigenvalue weighted by Gasteiger charge is -2.32. The molecule has 1 fully saturated rings. The highest BCUT2D eigenvalue weighted by atomic mass is 19.4. The number of carbonyl (C=O) groups is 3. The number of aromatic nitrogens is 1. The van der Waals surface area contributed by atoms with Crippen molar-refractivity contribution in [1.82, 2.24) is 20.9 Å². The second-order valence-electron chi connectivity index (χ2n) is 10.3. The Balaban J connectivity index is 1.77. The quantitative estimate of drug-likeness (QED) is 0.514. The molecule has 8 nitrogen and oxygen atoms in total. The second-order valence-corrected chi connectivity index (χ2v) is 10.3. The van der Waals surface area contributed by atoms with Gasteiger partial charge in [0, 0.05) is 18.0 Å². The molecule has 2 aliphatic rings. The number of nitriles is 1. The Hall–Kier alpha value is -3.16. The Morgan fingerprint density at radius 2 is 1.77 bits per heavy atom. The van der Waals surface area contributed by atoms with Crippen molar-refractivity contribution in [2.45, 2.75) is 83.6 Å². The van der Waals surface area contributed by atoms with E-state index in [4.69, 9.17) is 0 Å². The summed E-state index contributed by atoms with van der Waals surface area (Å²) in [5.74, 6) is -3.55. The molecule has 1 heterocycles. The zero-order chi connectivity index (χ0) is 26.0. The summed E-state index contributed by atoms with van der Waals surface area (Å²) >= 11 is 0. The van der Waals surface area contributed by atoms with Gasteiger partial charge in [0.1, 0.15) is 18.1 Å². The third-order valence-electron chi connectivity index (χ3n) is 6.34. The van der Waals surface area contributed by atoms with E-state index in [-0.39, 0.29) is 12.3 Å². The molecule has 3 unspecified atom stereocenters. The standard InChI is InChI=1S/C24H30F3N5O3/c1-23(2,3)19(32-22(35)24(25,26)27)21(34)30-17(9-13-7-8-13)20(33)31-18(10-28)16-12-29-11-14-5-4-6-15(14)16/h11-13,17-19H,4-9H2,1-3H3,(H,30,34)(H,31,33)(H,32,35). The van der Waals surface area contributed by atoms with E-state index in [2.05, 4.69) is 21.7 Å². The first-order valence-electron chi connectivity index (χ1n) is 11.6. The van der Waals surface area contributed by atoms with Crippen LogP contribution in [0.25, 0.3) is 0 Å². The van der Waals surface area contributed by atoms with Crippen LogP contribution >= 0.6 is 0 Å². The molecule has 3 N–H and O–H groups in total. The van der Waals surface area contributed by atoms with Gasteiger partial charge in [0.2, 0.25) is 11.8 Å². The Morgan fingerprint density at radius 1 is 1.09 bits per heavy atom. The molecule has 1 saturated carbocycles. The molecule has 3 atom stereocenters. The van der Waals surface area contributed by atoms with E-state index in [1.54, 1.807) is 17.7 Å². The summed E-state index contributed by atoms with van der Waals surface area (Å²) in [6.45, 7) is 4.54. The summed E-state index contributed by atoms with van der Waals surface area (Å²) in [5, 5.41) is 16.7. The lowest BCUT2D eigenvalue weighted by atomic mass is 9.85. The van der Waals surface area contributed by atoms with Gasteiger partial charge in [-0.25, -0.2) is 0 Å².